The number of hydrogen-bond donors (Lipinski definition) is 1. The predicted octanol–water partition coefficient (Wildman–Crippen LogP) is 2.93. The molecule has 0 bridgehead atoms. The van der Waals surface area contributed by atoms with Gasteiger partial charge in [0.25, 0.3) is 0 Å². The summed E-state index contributed by atoms with van der Waals surface area (Å²) in [5.41, 5.74) is 0. The van der Waals surface area contributed by atoms with Crippen LogP contribution in [-0.4, -0.2) is 41.6 Å². The molecule has 0 aromatic heterocycles. The van der Waals surface area contributed by atoms with Crippen molar-refractivity contribution in [2.45, 2.75) is 32.2 Å². The van der Waals surface area contributed by atoms with E-state index in [1.807, 2.05) is 24.3 Å². The Kier molecular flexibility index (Phi) is 7.22. The van der Waals surface area contributed by atoms with Crippen molar-refractivity contribution in [1.82, 2.24) is 4.90 Å². The van der Waals surface area contributed by atoms with E-state index in [0.29, 0.717) is 19.4 Å². The first kappa shape index (κ1) is 17.5. The van der Waals surface area contributed by atoms with Gasteiger partial charge in [-0.2, -0.15) is 0 Å². The average molecular weight is 358 g/mol. The van der Waals surface area contributed by atoms with Gasteiger partial charge in [0.05, 0.1) is 6.61 Å². The summed E-state index contributed by atoms with van der Waals surface area (Å²) in [6, 6.07) is 6.76. The highest BCUT2D eigenvalue weighted by molar-refractivity contribution is 9.10. The van der Waals surface area contributed by atoms with E-state index in [1.54, 1.807) is 0 Å². The number of carbonyl (C=O) groups excluding carboxylic acids is 1. The van der Waals surface area contributed by atoms with Gasteiger partial charge in [-0.3, -0.25) is 4.79 Å². The number of carboxylic acids is 1. The van der Waals surface area contributed by atoms with Crippen LogP contribution in [0.4, 0.5) is 0 Å². The molecule has 1 atom stereocenters. The van der Waals surface area contributed by atoms with Gasteiger partial charge in [-0.1, -0.05) is 15.9 Å². The highest BCUT2D eigenvalue weighted by Gasteiger charge is 2.20. The molecule has 1 amide bonds. The summed E-state index contributed by atoms with van der Waals surface area (Å²) < 4.78 is 6.55. The summed E-state index contributed by atoms with van der Waals surface area (Å²) in [6.07, 6.45) is 1.75. The molecule has 0 aliphatic rings. The van der Waals surface area contributed by atoms with Crippen LogP contribution in [-0.2, 0) is 9.59 Å². The first-order valence-electron chi connectivity index (χ1n) is 6.78. The first-order valence-corrected chi connectivity index (χ1v) is 7.58. The number of nitrogens with zero attached hydrogens (tertiary/aromatic N) is 1. The summed E-state index contributed by atoms with van der Waals surface area (Å²) in [4.78, 5) is 23.8. The maximum atomic E-state index is 11.8. The molecule has 0 heterocycles. The summed E-state index contributed by atoms with van der Waals surface area (Å²) in [5, 5.41) is 8.84. The number of carbonyl (C=O) groups is 2. The minimum absolute atomic E-state index is 0.159. The van der Waals surface area contributed by atoms with Gasteiger partial charge in [-0.05, 0) is 44.0 Å². The number of benzene rings is 1. The summed E-state index contributed by atoms with van der Waals surface area (Å²) in [5.74, 6) is -0.362. The molecular formula is C15H20BrNO4. The number of unbranched alkanes of at least 4 members (excludes halogenated alkanes) is 1. The Labute approximate surface area is 133 Å². The van der Waals surface area contributed by atoms with E-state index in [4.69, 9.17) is 9.84 Å². The van der Waals surface area contributed by atoms with Gasteiger partial charge in [0.15, 0.2) is 0 Å². The maximum Gasteiger partial charge on any atom is 0.326 e. The molecule has 0 saturated carbocycles. The minimum atomic E-state index is -0.996. The largest absolute Gasteiger partial charge is 0.494 e. The molecule has 116 valence electrons. The molecule has 0 aliphatic heterocycles. The van der Waals surface area contributed by atoms with Gasteiger partial charge in [0.2, 0.25) is 5.91 Å². The molecule has 0 fully saturated rings. The Morgan fingerprint density at radius 2 is 1.90 bits per heavy atom. The lowest BCUT2D eigenvalue weighted by Crippen LogP contribution is -2.40. The van der Waals surface area contributed by atoms with Crippen LogP contribution in [0.2, 0.25) is 0 Å². The lowest BCUT2D eigenvalue weighted by molar-refractivity contribution is -0.148. The van der Waals surface area contributed by atoms with E-state index in [9.17, 15) is 9.59 Å². The zero-order valence-corrected chi connectivity index (χ0v) is 13.8. The van der Waals surface area contributed by atoms with E-state index in [-0.39, 0.29) is 5.91 Å². The van der Waals surface area contributed by atoms with Crippen molar-refractivity contribution >= 4 is 27.8 Å². The molecule has 21 heavy (non-hydrogen) atoms. The zero-order chi connectivity index (χ0) is 15.8. The summed E-state index contributed by atoms with van der Waals surface area (Å²) in [7, 11) is 1.51. The van der Waals surface area contributed by atoms with Gasteiger partial charge in [-0.25, -0.2) is 4.79 Å². The van der Waals surface area contributed by atoms with E-state index in [2.05, 4.69) is 15.9 Å². The second kappa shape index (κ2) is 8.67. The van der Waals surface area contributed by atoms with E-state index in [1.165, 1.54) is 18.9 Å². The Morgan fingerprint density at radius 1 is 1.29 bits per heavy atom. The quantitative estimate of drug-likeness (QED) is 0.726. The van der Waals surface area contributed by atoms with Crippen LogP contribution >= 0.6 is 15.9 Å². The monoisotopic (exact) mass is 357 g/mol. The van der Waals surface area contributed by atoms with Crippen LogP contribution in [0.3, 0.4) is 0 Å². The number of carboxylic acid groups (broad SMARTS) is 1. The maximum absolute atomic E-state index is 11.8. The molecule has 0 saturated heterocycles. The molecule has 5 nitrogen and oxygen atoms in total. The third-order valence-electron chi connectivity index (χ3n) is 3.20. The summed E-state index contributed by atoms with van der Waals surface area (Å²) in [6.45, 7) is 2.03. The number of aliphatic carboxylic acids is 1. The van der Waals surface area contributed by atoms with E-state index in [0.717, 1.165) is 16.6 Å². The van der Waals surface area contributed by atoms with Gasteiger partial charge in [0.1, 0.15) is 11.8 Å². The van der Waals surface area contributed by atoms with Gasteiger partial charge >= 0.3 is 5.97 Å². The molecule has 6 heteroatoms. The predicted molar refractivity (Wildman–Crippen MR) is 83.4 cm³/mol. The zero-order valence-electron chi connectivity index (χ0n) is 12.2. The molecule has 0 radical (unpaired) electrons. The van der Waals surface area contributed by atoms with Crippen LogP contribution in [0.15, 0.2) is 28.7 Å². The fourth-order valence-corrected chi connectivity index (χ4v) is 1.92. The average Bonchev–Trinajstić information content (AvgIpc) is 2.46. The van der Waals surface area contributed by atoms with Crippen molar-refractivity contribution in [3.05, 3.63) is 28.7 Å². The van der Waals surface area contributed by atoms with Crippen LogP contribution in [0.5, 0.6) is 5.75 Å². The highest BCUT2D eigenvalue weighted by atomic mass is 79.9. The Balaban J connectivity index is 2.20. The molecule has 1 aromatic rings. The molecule has 1 rings (SSSR count). The van der Waals surface area contributed by atoms with Gasteiger partial charge < -0.3 is 14.7 Å². The third-order valence-corrected chi connectivity index (χ3v) is 3.73. The number of halogens is 1. The molecule has 0 aliphatic carbocycles. The van der Waals surface area contributed by atoms with Crippen molar-refractivity contribution in [2.75, 3.05) is 13.7 Å². The molecule has 0 spiro atoms. The van der Waals surface area contributed by atoms with Crippen LogP contribution < -0.4 is 4.74 Å². The number of ether oxygens (including phenoxy) is 1. The number of likely N-dealkylation sites (N-methyl/N-ethyl adjacent to an activating group) is 1. The third kappa shape index (κ3) is 6.16. The fourth-order valence-electron chi connectivity index (χ4n) is 1.66. The Hall–Kier alpha value is -1.56. The number of amides is 1. The van der Waals surface area contributed by atoms with E-state index < -0.39 is 12.0 Å². The number of hydrogen-bond acceptors (Lipinski definition) is 3. The number of rotatable bonds is 8. The standard InChI is InChI=1S/C15H20BrNO4/c1-11(15(19)20)17(2)14(18)5-3-4-10-21-13-8-6-12(16)7-9-13/h6-9,11H,3-5,10H2,1-2H3,(H,19,20). The van der Waals surface area contributed by atoms with Crippen molar-refractivity contribution in [2.24, 2.45) is 0 Å². The van der Waals surface area contributed by atoms with Crippen LogP contribution in [0.1, 0.15) is 26.2 Å². The van der Waals surface area contributed by atoms with Crippen LogP contribution in [0, 0.1) is 0 Å². The molecule has 1 aromatic carbocycles. The second-order valence-electron chi connectivity index (χ2n) is 4.78. The lowest BCUT2D eigenvalue weighted by Gasteiger charge is -2.21. The Morgan fingerprint density at radius 3 is 2.48 bits per heavy atom. The second-order valence-corrected chi connectivity index (χ2v) is 5.69. The fraction of sp³-hybridized carbons (Fsp3) is 0.467. The van der Waals surface area contributed by atoms with Crippen LogP contribution in [0.25, 0.3) is 0 Å². The van der Waals surface area contributed by atoms with Crippen molar-refractivity contribution in [3.8, 4) is 5.75 Å². The molecule has 1 N–H and O–H groups in total. The minimum Gasteiger partial charge on any atom is -0.494 e. The molecular weight excluding hydrogens is 338 g/mol. The van der Waals surface area contributed by atoms with Gasteiger partial charge in [-0.15, -0.1) is 0 Å². The topological polar surface area (TPSA) is 66.8 Å². The Bertz CT molecular complexity index is 475. The highest BCUT2D eigenvalue weighted by Crippen LogP contribution is 2.16. The van der Waals surface area contributed by atoms with Crippen molar-refractivity contribution in [1.29, 1.82) is 0 Å². The SMILES string of the molecule is CC(C(=O)O)N(C)C(=O)CCCCOc1ccc(Br)cc1. The normalized spacial score (nSPS) is 11.8. The summed E-state index contributed by atoms with van der Waals surface area (Å²) >= 11 is 3.35. The van der Waals surface area contributed by atoms with Crippen molar-refractivity contribution < 1.29 is 19.4 Å². The van der Waals surface area contributed by atoms with E-state index >= 15 is 0 Å². The smallest absolute Gasteiger partial charge is 0.326 e. The lowest BCUT2D eigenvalue weighted by atomic mass is 10.2. The first-order chi connectivity index (χ1) is 9.91. The van der Waals surface area contributed by atoms with Crippen molar-refractivity contribution in [3.63, 3.8) is 0 Å². The molecule has 1 unspecified atom stereocenters. The van der Waals surface area contributed by atoms with Gasteiger partial charge in [0, 0.05) is 17.9 Å².